The molecule has 8 heteroatoms. The van der Waals surface area contributed by atoms with Crippen LogP contribution in [0.1, 0.15) is 32.4 Å². The van der Waals surface area contributed by atoms with Crippen molar-refractivity contribution in [2.45, 2.75) is 26.8 Å². The highest BCUT2D eigenvalue weighted by Gasteiger charge is 2.19. The van der Waals surface area contributed by atoms with Gasteiger partial charge in [0.05, 0.1) is 19.2 Å². The number of hydrogen-bond donors (Lipinski definition) is 3. The molecular weight excluding hydrogens is 346 g/mol. The molecule has 0 bridgehead atoms. The molecular formula is C17H25ClN3O4+. The second-order valence-corrected chi connectivity index (χ2v) is 6.00. The zero-order valence-electron chi connectivity index (χ0n) is 14.7. The number of nitrogens with one attached hydrogen (secondary N) is 3. The van der Waals surface area contributed by atoms with E-state index in [1.165, 1.54) is 0 Å². The molecule has 0 heterocycles. The third kappa shape index (κ3) is 8.00. The summed E-state index contributed by atoms with van der Waals surface area (Å²) in [6.07, 6.45) is -0.774. The van der Waals surface area contributed by atoms with Crippen molar-refractivity contribution in [3.8, 4) is 0 Å². The van der Waals surface area contributed by atoms with Crippen LogP contribution in [-0.4, -0.2) is 44.1 Å². The summed E-state index contributed by atoms with van der Waals surface area (Å²) in [5.41, 5.74) is 0.941. The van der Waals surface area contributed by atoms with Crippen LogP contribution in [0.25, 0.3) is 0 Å². The van der Waals surface area contributed by atoms with E-state index in [-0.39, 0.29) is 31.6 Å². The van der Waals surface area contributed by atoms with Crippen LogP contribution in [0.2, 0.25) is 5.02 Å². The molecule has 138 valence electrons. The number of rotatable bonds is 8. The monoisotopic (exact) mass is 370 g/mol. The highest BCUT2D eigenvalue weighted by molar-refractivity contribution is 6.30. The van der Waals surface area contributed by atoms with Gasteiger partial charge in [0.1, 0.15) is 0 Å². The topological polar surface area (TPSA) is 88.9 Å². The Bertz CT molecular complexity index is 592. The lowest BCUT2D eigenvalue weighted by molar-refractivity contribution is -0.881. The van der Waals surface area contributed by atoms with E-state index >= 15 is 0 Å². The van der Waals surface area contributed by atoms with Gasteiger partial charge in [0.25, 0.3) is 11.8 Å². The number of halogens is 1. The Labute approximate surface area is 152 Å². The Morgan fingerprint density at radius 1 is 1.12 bits per heavy atom. The number of amides is 3. The summed E-state index contributed by atoms with van der Waals surface area (Å²) < 4.78 is 4.65. The molecule has 2 atom stereocenters. The summed E-state index contributed by atoms with van der Waals surface area (Å²) in [4.78, 5) is 35.9. The minimum Gasteiger partial charge on any atom is -0.450 e. The van der Waals surface area contributed by atoms with Crippen LogP contribution in [0.3, 0.4) is 0 Å². The zero-order valence-corrected chi connectivity index (χ0v) is 15.5. The fourth-order valence-corrected chi connectivity index (χ4v) is 2.35. The molecule has 7 nitrogen and oxygen atoms in total. The summed E-state index contributed by atoms with van der Waals surface area (Å²) in [7, 11) is 0. The second-order valence-electron chi connectivity index (χ2n) is 5.57. The Morgan fingerprint density at radius 2 is 1.72 bits per heavy atom. The molecule has 3 N–H and O–H groups in total. The largest absolute Gasteiger partial charge is 0.450 e. The Balaban J connectivity index is 2.48. The van der Waals surface area contributed by atoms with E-state index in [2.05, 4.69) is 15.4 Å². The van der Waals surface area contributed by atoms with Crippen molar-refractivity contribution in [2.75, 3.05) is 26.2 Å². The molecule has 0 radical (unpaired) electrons. The van der Waals surface area contributed by atoms with Gasteiger partial charge in [-0.25, -0.2) is 4.79 Å². The lowest BCUT2D eigenvalue weighted by atomic mass is 10.1. The average molecular weight is 371 g/mol. The molecule has 0 aliphatic rings. The molecule has 0 aromatic heterocycles. The van der Waals surface area contributed by atoms with E-state index in [9.17, 15) is 14.4 Å². The number of ether oxygens (including phenoxy) is 1. The predicted octanol–water partition coefficient (Wildman–Crippen LogP) is 0.695. The van der Waals surface area contributed by atoms with Gasteiger partial charge in [-0.2, -0.15) is 0 Å². The first-order valence-electron chi connectivity index (χ1n) is 8.20. The minimum absolute atomic E-state index is 0.0120. The normalized spacial score (nSPS) is 12.8. The van der Waals surface area contributed by atoms with Crippen molar-refractivity contribution in [1.82, 2.24) is 10.6 Å². The fourth-order valence-electron chi connectivity index (χ4n) is 2.22. The van der Waals surface area contributed by atoms with Crippen LogP contribution in [0.15, 0.2) is 24.3 Å². The second kappa shape index (κ2) is 10.7. The number of carbonyl (C=O) groups is 3. The fraction of sp³-hybridized carbons (Fsp3) is 0.471. The molecule has 1 aromatic carbocycles. The van der Waals surface area contributed by atoms with Crippen LogP contribution in [0, 0.1) is 0 Å². The molecule has 0 saturated carbocycles. The van der Waals surface area contributed by atoms with Crippen molar-refractivity contribution in [1.29, 1.82) is 0 Å². The van der Waals surface area contributed by atoms with Gasteiger partial charge in [0.2, 0.25) is 0 Å². The number of hydrogen-bond acceptors (Lipinski definition) is 4. The average Bonchev–Trinajstić information content (AvgIpc) is 2.54. The van der Waals surface area contributed by atoms with E-state index in [1.54, 1.807) is 19.1 Å². The van der Waals surface area contributed by atoms with Crippen LogP contribution in [-0.2, 0) is 14.3 Å². The SMILES string of the molecule is CCOC(=O)NC(=O)C[NH+](CC)CC(=O)N[C@H](C)c1ccc(Cl)cc1. The zero-order chi connectivity index (χ0) is 18.8. The Morgan fingerprint density at radius 3 is 2.28 bits per heavy atom. The van der Waals surface area contributed by atoms with Crippen molar-refractivity contribution in [3.63, 3.8) is 0 Å². The number of imide groups is 1. The van der Waals surface area contributed by atoms with Crippen molar-refractivity contribution < 1.29 is 24.0 Å². The van der Waals surface area contributed by atoms with Crippen molar-refractivity contribution in [3.05, 3.63) is 34.9 Å². The first-order chi connectivity index (χ1) is 11.8. The molecule has 0 saturated heterocycles. The van der Waals surface area contributed by atoms with Crippen LogP contribution >= 0.6 is 11.6 Å². The predicted molar refractivity (Wildman–Crippen MR) is 94.4 cm³/mol. The Kier molecular flexibility index (Phi) is 8.94. The third-order valence-electron chi connectivity index (χ3n) is 3.59. The minimum atomic E-state index is -0.774. The molecule has 1 rings (SSSR count). The van der Waals surface area contributed by atoms with Crippen LogP contribution in [0.5, 0.6) is 0 Å². The molecule has 0 aliphatic heterocycles. The number of likely N-dealkylation sites (N-methyl/N-ethyl adjacent to an activating group) is 1. The van der Waals surface area contributed by atoms with E-state index in [0.717, 1.165) is 10.5 Å². The highest BCUT2D eigenvalue weighted by Crippen LogP contribution is 2.15. The smallest absolute Gasteiger partial charge is 0.414 e. The number of quaternary nitrogens is 1. The van der Waals surface area contributed by atoms with Crippen molar-refractivity contribution in [2.24, 2.45) is 0 Å². The molecule has 3 amide bonds. The molecule has 1 aromatic rings. The molecule has 1 unspecified atom stereocenters. The number of carbonyl (C=O) groups excluding carboxylic acids is 3. The summed E-state index contributed by atoms with van der Waals surface area (Å²) in [6.45, 7) is 6.29. The van der Waals surface area contributed by atoms with Gasteiger partial charge < -0.3 is 15.0 Å². The highest BCUT2D eigenvalue weighted by atomic mass is 35.5. The molecule has 25 heavy (non-hydrogen) atoms. The van der Waals surface area contributed by atoms with E-state index < -0.39 is 12.0 Å². The van der Waals surface area contributed by atoms with Gasteiger partial charge in [-0.3, -0.25) is 14.9 Å². The van der Waals surface area contributed by atoms with E-state index in [0.29, 0.717) is 11.6 Å². The first-order valence-corrected chi connectivity index (χ1v) is 8.58. The number of alkyl carbamates (subject to hydrolysis) is 1. The molecule has 0 aliphatic carbocycles. The maximum absolute atomic E-state index is 12.2. The summed E-state index contributed by atoms with van der Waals surface area (Å²) in [5.74, 6) is -0.655. The van der Waals surface area contributed by atoms with Gasteiger partial charge in [-0.1, -0.05) is 23.7 Å². The molecule has 0 spiro atoms. The van der Waals surface area contributed by atoms with E-state index in [1.807, 2.05) is 26.0 Å². The third-order valence-corrected chi connectivity index (χ3v) is 3.84. The van der Waals surface area contributed by atoms with E-state index in [4.69, 9.17) is 11.6 Å². The van der Waals surface area contributed by atoms with Crippen molar-refractivity contribution >= 4 is 29.5 Å². The van der Waals surface area contributed by atoms with Crippen LogP contribution < -0.4 is 15.5 Å². The maximum atomic E-state index is 12.2. The van der Waals surface area contributed by atoms with Gasteiger partial charge in [-0.15, -0.1) is 0 Å². The Hall–Kier alpha value is -2.12. The lowest BCUT2D eigenvalue weighted by Gasteiger charge is -2.19. The summed E-state index contributed by atoms with van der Waals surface area (Å²) in [5, 5.41) is 5.65. The van der Waals surface area contributed by atoms with Gasteiger partial charge >= 0.3 is 6.09 Å². The molecule has 0 fully saturated rings. The summed E-state index contributed by atoms with van der Waals surface area (Å²) >= 11 is 5.85. The quantitative estimate of drug-likeness (QED) is 0.628. The van der Waals surface area contributed by atoms with Gasteiger partial charge in [0.15, 0.2) is 13.1 Å². The van der Waals surface area contributed by atoms with Gasteiger partial charge in [0, 0.05) is 5.02 Å². The van der Waals surface area contributed by atoms with Crippen LogP contribution in [0.4, 0.5) is 4.79 Å². The van der Waals surface area contributed by atoms with Gasteiger partial charge in [-0.05, 0) is 38.5 Å². The lowest BCUT2D eigenvalue weighted by Crippen LogP contribution is -3.14. The number of benzene rings is 1. The first kappa shape index (κ1) is 20.9. The standard InChI is InChI=1S/C17H24ClN3O4/c1-4-21(11-16(23)20-17(24)25-5-2)10-15(22)19-12(3)13-6-8-14(18)9-7-13/h6-9,12H,4-5,10-11H2,1-3H3,(H,19,22)(H,20,23,24)/p+1/t12-/m1/s1. The maximum Gasteiger partial charge on any atom is 0.414 e. The summed E-state index contributed by atoms with van der Waals surface area (Å²) in [6, 6.07) is 7.07.